The fourth-order valence-corrected chi connectivity index (χ4v) is 3.48. The summed E-state index contributed by atoms with van der Waals surface area (Å²) in [6.07, 6.45) is 3.25. The van der Waals surface area contributed by atoms with Crippen molar-refractivity contribution in [3.05, 3.63) is 52.0 Å². The van der Waals surface area contributed by atoms with E-state index in [1.54, 1.807) is 12.4 Å². The molecule has 22 heavy (non-hydrogen) atoms. The standard InChI is InChI=1S/C16H14Cl2N4/c1-9-2-3-13-14(4-9)21-16(20-13)10-7-22(8-10)15-11(17)5-19-6-12(15)18/h2-6,10H,7-8H2,1H3,(H,20,21). The molecule has 0 saturated carbocycles. The van der Waals surface area contributed by atoms with E-state index in [0.717, 1.165) is 35.6 Å². The van der Waals surface area contributed by atoms with Crippen LogP contribution in [-0.4, -0.2) is 28.0 Å². The van der Waals surface area contributed by atoms with Crippen LogP contribution in [-0.2, 0) is 0 Å². The Morgan fingerprint density at radius 1 is 1.18 bits per heavy atom. The van der Waals surface area contributed by atoms with Gasteiger partial charge in [0.1, 0.15) is 5.82 Å². The Morgan fingerprint density at radius 2 is 1.91 bits per heavy atom. The molecule has 1 aromatic carbocycles. The van der Waals surface area contributed by atoms with Crippen molar-refractivity contribution in [2.45, 2.75) is 12.8 Å². The monoisotopic (exact) mass is 332 g/mol. The van der Waals surface area contributed by atoms with E-state index < -0.39 is 0 Å². The Hall–Kier alpha value is -1.78. The summed E-state index contributed by atoms with van der Waals surface area (Å²) in [5.41, 5.74) is 4.20. The van der Waals surface area contributed by atoms with Gasteiger partial charge in [-0.1, -0.05) is 29.3 Å². The molecular formula is C16H14Cl2N4. The smallest absolute Gasteiger partial charge is 0.113 e. The zero-order valence-corrected chi connectivity index (χ0v) is 13.5. The highest BCUT2D eigenvalue weighted by atomic mass is 35.5. The molecule has 0 unspecified atom stereocenters. The van der Waals surface area contributed by atoms with E-state index in [1.165, 1.54) is 5.56 Å². The van der Waals surface area contributed by atoms with Gasteiger partial charge in [-0.3, -0.25) is 4.98 Å². The number of nitrogens with zero attached hydrogens (tertiary/aromatic N) is 3. The van der Waals surface area contributed by atoms with Crippen molar-refractivity contribution in [2.75, 3.05) is 18.0 Å². The van der Waals surface area contributed by atoms with Crippen LogP contribution in [0, 0.1) is 6.92 Å². The fraction of sp³-hybridized carbons (Fsp3) is 0.250. The maximum absolute atomic E-state index is 6.20. The Kier molecular flexibility index (Phi) is 3.24. The number of hydrogen-bond acceptors (Lipinski definition) is 3. The molecule has 0 bridgehead atoms. The third-order valence-electron chi connectivity index (χ3n) is 4.07. The maximum Gasteiger partial charge on any atom is 0.113 e. The van der Waals surface area contributed by atoms with Crippen LogP contribution in [0.2, 0.25) is 10.0 Å². The first-order chi connectivity index (χ1) is 10.6. The molecule has 0 spiro atoms. The van der Waals surface area contributed by atoms with Gasteiger partial charge in [-0.05, 0) is 24.6 Å². The number of fused-ring (bicyclic) bond motifs is 1. The van der Waals surface area contributed by atoms with E-state index in [0.29, 0.717) is 16.0 Å². The lowest BCUT2D eigenvalue weighted by Gasteiger charge is -2.40. The lowest BCUT2D eigenvalue weighted by Crippen LogP contribution is -2.45. The van der Waals surface area contributed by atoms with Gasteiger partial charge in [0.25, 0.3) is 0 Å². The van der Waals surface area contributed by atoms with Crippen molar-refractivity contribution in [1.82, 2.24) is 15.0 Å². The van der Waals surface area contributed by atoms with Gasteiger partial charge in [0.2, 0.25) is 0 Å². The van der Waals surface area contributed by atoms with Crippen LogP contribution < -0.4 is 4.90 Å². The molecule has 4 nitrogen and oxygen atoms in total. The predicted molar refractivity (Wildman–Crippen MR) is 90.0 cm³/mol. The molecule has 0 aliphatic carbocycles. The van der Waals surface area contributed by atoms with Crippen molar-refractivity contribution < 1.29 is 0 Å². The van der Waals surface area contributed by atoms with Gasteiger partial charge in [0, 0.05) is 25.5 Å². The number of aromatic amines is 1. The molecule has 0 atom stereocenters. The second-order valence-corrected chi connectivity index (χ2v) is 6.51. The van der Waals surface area contributed by atoms with Crippen molar-refractivity contribution in [3.8, 4) is 0 Å². The average molecular weight is 333 g/mol. The van der Waals surface area contributed by atoms with E-state index >= 15 is 0 Å². The second kappa shape index (κ2) is 5.14. The van der Waals surface area contributed by atoms with E-state index in [9.17, 15) is 0 Å². The number of hydrogen-bond donors (Lipinski definition) is 1. The summed E-state index contributed by atoms with van der Waals surface area (Å²) in [5.74, 6) is 1.39. The summed E-state index contributed by atoms with van der Waals surface area (Å²) >= 11 is 12.4. The average Bonchev–Trinajstić information content (AvgIpc) is 2.82. The molecular weight excluding hydrogens is 319 g/mol. The van der Waals surface area contributed by atoms with Gasteiger partial charge in [-0.25, -0.2) is 4.98 Å². The first-order valence-corrected chi connectivity index (χ1v) is 7.87. The topological polar surface area (TPSA) is 44.8 Å². The Bertz CT molecular complexity index is 832. The van der Waals surface area contributed by atoms with Gasteiger partial charge in [0.15, 0.2) is 0 Å². The Labute approximate surface area is 138 Å². The number of aryl methyl sites for hydroxylation is 1. The summed E-state index contributed by atoms with van der Waals surface area (Å²) in [7, 11) is 0. The zero-order chi connectivity index (χ0) is 15.3. The minimum atomic E-state index is 0.369. The number of benzene rings is 1. The fourth-order valence-electron chi connectivity index (χ4n) is 2.88. The molecule has 1 N–H and O–H groups in total. The van der Waals surface area contributed by atoms with Crippen LogP contribution in [0.3, 0.4) is 0 Å². The summed E-state index contributed by atoms with van der Waals surface area (Å²) in [5, 5.41) is 1.18. The first-order valence-electron chi connectivity index (χ1n) is 7.12. The largest absolute Gasteiger partial charge is 0.367 e. The molecule has 0 radical (unpaired) electrons. The van der Waals surface area contributed by atoms with Crippen LogP contribution in [0.4, 0.5) is 5.69 Å². The Balaban J connectivity index is 1.57. The van der Waals surface area contributed by atoms with Crippen molar-refractivity contribution in [2.24, 2.45) is 0 Å². The molecule has 3 aromatic rings. The zero-order valence-electron chi connectivity index (χ0n) is 12.0. The molecule has 6 heteroatoms. The number of H-pyrrole nitrogens is 1. The lowest BCUT2D eigenvalue weighted by atomic mass is 9.98. The number of anilines is 1. The first kappa shape index (κ1) is 13.9. The number of halogens is 2. The van der Waals surface area contributed by atoms with E-state index in [-0.39, 0.29) is 0 Å². The second-order valence-electron chi connectivity index (χ2n) is 5.70. The molecule has 1 fully saturated rings. The SMILES string of the molecule is Cc1ccc2nc(C3CN(c4c(Cl)cncc4Cl)C3)[nH]c2c1. The number of aromatic nitrogens is 3. The Morgan fingerprint density at radius 3 is 2.64 bits per heavy atom. The van der Waals surface area contributed by atoms with Crippen LogP contribution in [0.15, 0.2) is 30.6 Å². The minimum Gasteiger partial charge on any atom is -0.367 e. The number of pyridine rings is 1. The van der Waals surface area contributed by atoms with E-state index in [4.69, 9.17) is 23.2 Å². The van der Waals surface area contributed by atoms with Crippen molar-refractivity contribution in [3.63, 3.8) is 0 Å². The van der Waals surface area contributed by atoms with Crippen LogP contribution in [0.1, 0.15) is 17.3 Å². The van der Waals surface area contributed by atoms with E-state index in [2.05, 4.69) is 45.0 Å². The summed E-state index contributed by atoms with van der Waals surface area (Å²) < 4.78 is 0. The number of rotatable bonds is 2. The highest BCUT2D eigenvalue weighted by Gasteiger charge is 2.32. The number of imidazole rings is 1. The van der Waals surface area contributed by atoms with Gasteiger partial charge < -0.3 is 9.88 Å². The van der Waals surface area contributed by atoms with Gasteiger partial charge in [-0.15, -0.1) is 0 Å². The van der Waals surface area contributed by atoms with E-state index in [1.807, 2.05) is 0 Å². The van der Waals surface area contributed by atoms with Gasteiger partial charge in [-0.2, -0.15) is 0 Å². The van der Waals surface area contributed by atoms with Crippen LogP contribution in [0.25, 0.3) is 11.0 Å². The third-order valence-corrected chi connectivity index (χ3v) is 4.62. The predicted octanol–water partition coefficient (Wildman–Crippen LogP) is 4.18. The molecule has 1 aliphatic heterocycles. The van der Waals surface area contributed by atoms with Crippen molar-refractivity contribution >= 4 is 39.9 Å². The highest BCUT2D eigenvalue weighted by Crippen LogP contribution is 2.39. The summed E-state index contributed by atoms with van der Waals surface area (Å²) in [6, 6.07) is 6.26. The molecule has 1 saturated heterocycles. The molecule has 3 heterocycles. The summed E-state index contributed by atoms with van der Waals surface area (Å²) in [4.78, 5) is 14.3. The lowest BCUT2D eigenvalue weighted by molar-refractivity contribution is 0.506. The summed E-state index contributed by atoms with van der Waals surface area (Å²) in [6.45, 7) is 3.78. The highest BCUT2D eigenvalue weighted by molar-refractivity contribution is 6.38. The minimum absolute atomic E-state index is 0.369. The third kappa shape index (κ3) is 2.23. The number of nitrogens with one attached hydrogen (secondary N) is 1. The molecule has 0 amide bonds. The van der Waals surface area contributed by atoms with Crippen LogP contribution >= 0.6 is 23.2 Å². The molecule has 4 rings (SSSR count). The maximum atomic E-state index is 6.20. The quantitative estimate of drug-likeness (QED) is 0.765. The van der Waals surface area contributed by atoms with Gasteiger partial charge in [0.05, 0.1) is 32.7 Å². The van der Waals surface area contributed by atoms with Gasteiger partial charge >= 0.3 is 0 Å². The molecule has 112 valence electrons. The molecule has 1 aliphatic rings. The molecule has 2 aromatic heterocycles. The normalized spacial score (nSPS) is 15.3. The van der Waals surface area contributed by atoms with Crippen molar-refractivity contribution in [1.29, 1.82) is 0 Å². The van der Waals surface area contributed by atoms with Crippen LogP contribution in [0.5, 0.6) is 0 Å².